The molecular weight excluding hydrogens is 408 g/mol. The monoisotopic (exact) mass is 426 g/mol. The van der Waals surface area contributed by atoms with E-state index < -0.39 is 0 Å². The molecule has 0 aliphatic rings. The Morgan fingerprint density at radius 1 is 1.30 bits per heavy atom. The summed E-state index contributed by atoms with van der Waals surface area (Å²) < 4.78 is 12.0. The molecule has 0 amide bonds. The number of halogens is 1. The molecule has 0 unspecified atom stereocenters. The van der Waals surface area contributed by atoms with Crippen molar-refractivity contribution < 1.29 is 9.15 Å². The number of aromatic nitrogens is 2. The van der Waals surface area contributed by atoms with E-state index in [-0.39, 0.29) is 6.10 Å². The first-order chi connectivity index (χ1) is 13.0. The van der Waals surface area contributed by atoms with Crippen molar-refractivity contribution in [2.24, 2.45) is 0 Å². The highest BCUT2D eigenvalue weighted by Gasteiger charge is 2.16. The lowest BCUT2D eigenvalue weighted by molar-refractivity contribution is 0.241. The molecular formula is C20H19BrN4O2. The van der Waals surface area contributed by atoms with Gasteiger partial charge < -0.3 is 14.5 Å². The molecule has 0 atom stereocenters. The van der Waals surface area contributed by atoms with Gasteiger partial charge in [0.15, 0.2) is 5.76 Å². The van der Waals surface area contributed by atoms with Crippen LogP contribution in [-0.2, 0) is 6.54 Å². The van der Waals surface area contributed by atoms with Gasteiger partial charge in [0.05, 0.1) is 16.8 Å². The van der Waals surface area contributed by atoms with Gasteiger partial charge >= 0.3 is 0 Å². The summed E-state index contributed by atoms with van der Waals surface area (Å²) in [6.07, 6.45) is 1.66. The third kappa shape index (κ3) is 4.47. The highest BCUT2D eigenvalue weighted by molar-refractivity contribution is 9.10. The zero-order valence-electron chi connectivity index (χ0n) is 15.3. The third-order valence-electron chi connectivity index (χ3n) is 3.71. The third-order valence-corrected chi connectivity index (χ3v) is 4.33. The number of nitrogens with zero attached hydrogens (tertiary/aromatic N) is 3. The Morgan fingerprint density at radius 3 is 2.74 bits per heavy atom. The number of aryl methyl sites for hydroxylation is 1. The molecule has 0 radical (unpaired) electrons. The van der Waals surface area contributed by atoms with Crippen LogP contribution in [0.25, 0.3) is 11.5 Å². The summed E-state index contributed by atoms with van der Waals surface area (Å²) >= 11 is 3.54. The molecule has 0 fully saturated rings. The molecule has 138 valence electrons. The second-order valence-electron chi connectivity index (χ2n) is 6.22. The second kappa shape index (κ2) is 8.23. The fourth-order valence-corrected chi connectivity index (χ4v) is 3.11. The van der Waals surface area contributed by atoms with Crippen molar-refractivity contribution in [1.29, 1.82) is 5.26 Å². The maximum atomic E-state index is 9.61. The van der Waals surface area contributed by atoms with Gasteiger partial charge in [0.1, 0.15) is 34.7 Å². The minimum absolute atomic E-state index is 0.104. The van der Waals surface area contributed by atoms with Gasteiger partial charge in [0.2, 0.25) is 0 Å². The summed E-state index contributed by atoms with van der Waals surface area (Å²) in [6.45, 7) is 6.26. The highest BCUT2D eigenvalue weighted by Crippen LogP contribution is 2.29. The average molecular weight is 427 g/mol. The number of benzene rings is 1. The van der Waals surface area contributed by atoms with E-state index in [1.165, 1.54) is 0 Å². The number of hydrogen-bond acceptors (Lipinski definition) is 6. The Kier molecular flexibility index (Phi) is 5.77. The Balaban J connectivity index is 1.84. The largest absolute Gasteiger partial charge is 0.490 e. The number of anilines is 1. The number of hydrogen-bond donors (Lipinski definition) is 1. The van der Waals surface area contributed by atoms with Gasteiger partial charge in [-0.2, -0.15) is 5.26 Å². The fourth-order valence-electron chi connectivity index (χ4n) is 2.59. The van der Waals surface area contributed by atoms with Crippen LogP contribution >= 0.6 is 15.9 Å². The van der Waals surface area contributed by atoms with Gasteiger partial charge in [-0.3, -0.25) is 0 Å². The van der Waals surface area contributed by atoms with Crippen LogP contribution in [-0.4, -0.2) is 16.1 Å². The van der Waals surface area contributed by atoms with Gasteiger partial charge in [-0.1, -0.05) is 6.07 Å². The number of nitriles is 1. The molecule has 0 saturated heterocycles. The second-order valence-corrected chi connectivity index (χ2v) is 7.07. The van der Waals surface area contributed by atoms with Crippen molar-refractivity contribution in [3.63, 3.8) is 0 Å². The van der Waals surface area contributed by atoms with E-state index in [0.717, 1.165) is 15.8 Å². The Labute approximate surface area is 166 Å². The van der Waals surface area contributed by atoms with Crippen LogP contribution in [0.1, 0.15) is 30.8 Å². The number of rotatable bonds is 6. The van der Waals surface area contributed by atoms with Crippen LogP contribution in [0.2, 0.25) is 0 Å². The van der Waals surface area contributed by atoms with Gasteiger partial charge in [-0.25, -0.2) is 9.97 Å². The minimum Gasteiger partial charge on any atom is -0.490 e. The van der Waals surface area contributed by atoms with Crippen molar-refractivity contribution >= 4 is 21.7 Å². The quantitative estimate of drug-likeness (QED) is 0.591. The normalized spacial score (nSPS) is 10.7. The molecule has 3 aromatic rings. The van der Waals surface area contributed by atoms with Crippen molar-refractivity contribution in [3.05, 3.63) is 58.0 Å². The molecule has 1 N–H and O–H groups in total. The van der Waals surface area contributed by atoms with E-state index in [1.54, 1.807) is 25.3 Å². The molecule has 6 nitrogen and oxygen atoms in total. The molecule has 2 aromatic heterocycles. The predicted molar refractivity (Wildman–Crippen MR) is 106 cm³/mol. The SMILES string of the molecule is Cc1nc(NCc2ccc(OC(C)C)c(Br)c2)c(C#N)c(-c2ccco2)n1. The maximum Gasteiger partial charge on any atom is 0.153 e. The van der Waals surface area contributed by atoms with E-state index in [2.05, 4.69) is 37.3 Å². The summed E-state index contributed by atoms with van der Waals surface area (Å²) in [5.74, 6) is 2.38. The molecule has 0 spiro atoms. The van der Waals surface area contributed by atoms with Crippen LogP contribution in [0.15, 0.2) is 45.5 Å². The van der Waals surface area contributed by atoms with Crippen molar-refractivity contribution in [3.8, 4) is 23.3 Å². The van der Waals surface area contributed by atoms with E-state index in [0.29, 0.717) is 35.2 Å². The minimum atomic E-state index is 0.104. The molecule has 3 rings (SSSR count). The summed E-state index contributed by atoms with van der Waals surface area (Å²) in [5.41, 5.74) is 1.87. The molecule has 1 aromatic carbocycles. The number of furan rings is 1. The molecule has 0 aliphatic heterocycles. The van der Waals surface area contributed by atoms with E-state index in [9.17, 15) is 5.26 Å². The number of nitrogens with one attached hydrogen (secondary N) is 1. The van der Waals surface area contributed by atoms with Gasteiger partial charge in [-0.05, 0) is 66.5 Å². The van der Waals surface area contributed by atoms with Gasteiger partial charge in [0.25, 0.3) is 0 Å². The summed E-state index contributed by atoms with van der Waals surface area (Å²) in [4.78, 5) is 8.75. The molecule has 0 bridgehead atoms. The molecule has 2 heterocycles. The molecule has 27 heavy (non-hydrogen) atoms. The van der Waals surface area contributed by atoms with Crippen LogP contribution < -0.4 is 10.1 Å². The lowest BCUT2D eigenvalue weighted by Gasteiger charge is -2.14. The zero-order valence-corrected chi connectivity index (χ0v) is 16.9. The van der Waals surface area contributed by atoms with E-state index in [4.69, 9.17) is 9.15 Å². The fraction of sp³-hybridized carbons (Fsp3) is 0.250. The first-order valence-corrected chi connectivity index (χ1v) is 9.28. The van der Waals surface area contributed by atoms with E-state index in [1.807, 2.05) is 32.0 Å². The predicted octanol–water partition coefficient (Wildman–Crippen LogP) is 5.08. The molecule has 7 heteroatoms. The lowest BCUT2D eigenvalue weighted by atomic mass is 10.1. The first-order valence-electron chi connectivity index (χ1n) is 8.49. The van der Waals surface area contributed by atoms with Crippen LogP contribution in [0.3, 0.4) is 0 Å². The standard InChI is InChI=1S/C20H19BrN4O2/c1-12(2)27-17-7-6-14(9-16(17)21)11-23-20-15(10-22)19(24-13(3)25-20)18-5-4-8-26-18/h4-9,12H,11H2,1-3H3,(H,23,24,25). The summed E-state index contributed by atoms with van der Waals surface area (Å²) in [7, 11) is 0. The summed E-state index contributed by atoms with van der Waals surface area (Å²) in [5, 5.41) is 12.8. The Morgan fingerprint density at radius 2 is 2.11 bits per heavy atom. The first kappa shape index (κ1) is 18.9. The topological polar surface area (TPSA) is 84.0 Å². The average Bonchev–Trinajstić information content (AvgIpc) is 3.15. The smallest absolute Gasteiger partial charge is 0.153 e. The van der Waals surface area contributed by atoms with Gasteiger partial charge in [-0.15, -0.1) is 0 Å². The van der Waals surface area contributed by atoms with Crippen LogP contribution in [0.5, 0.6) is 5.75 Å². The van der Waals surface area contributed by atoms with Crippen molar-refractivity contribution in [2.75, 3.05) is 5.32 Å². The van der Waals surface area contributed by atoms with Crippen molar-refractivity contribution in [1.82, 2.24) is 9.97 Å². The van der Waals surface area contributed by atoms with Crippen molar-refractivity contribution in [2.45, 2.75) is 33.4 Å². The molecule has 0 aliphatic carbocycles. The van der Waals surface area contributed by atoms with Gasteiger partial charge in [0, 0.05) is 6.54 Å². The number of ether oxygens (including phenoxy) is 1. The molecule has 0 saturated carbocycles. The van der Waals surface area contributed by atoms with E-state index >= 15 is 0 Å². The van der Waals surface area contributed by atoms with Crippen LogP contribution in [0, 0.1) is 18.3 Å². The summed E-state index contributed by atoms with van der Waals surface area (Å²) in [6, 6.07) is 11.6. The maximum absolute atomic E-state index is 9.61. The Hall–Kier alpha value is -2.85. The van der Waals surface area contributed by atoms with Crippen LogP contribution in [0.4, 0.5) is 5.82 Å². The highest BCUT2D eigenvalue weighted by atomic mass is 79.9. The lowest BCUT2D eigenvalue weighted by Crippen LogP contribution is -2.08. The Bertz CT molecular complexity index is 978. The zero-order chi connectivity index (χ0) is 19.4.